The van der Waals surface area contributed by atoms with Gasteiger partial charge in [-0.05, 0) is 22.4 Å². The number of esters is 1. The van der Waals surface area contributed by atoms with Crippen LogP contribution in [0.3, 0.4) is 0 Å². The first kappa shape index (κ1) is 13.2. The van der Waals surface area contributed by atoms with Gasteiger partial charge < -0.3 is 9.84 Å². The maximum absolute atomic E-state index is 12.3. The largest absolute Gasteiger partial charge is 0.507 e. The van der Waals surface area contributed by atoms with Crippen LogP contribution in [-0.2, 0) is 11.3 Å². The van der Waals surface area contributed by atoms with E-state index in [0.29, 0.717) is 5.39 Å². The van der Waals surface area contributed by atoms with Gasteiger partial charge in [0, 0.05) is 0 Å². The Kier molecular flexibility index (Phi) is 3.56. The van der Waals surface area contributed by atoms with E-state index in [1.807, 2.05) is 48.5 Å². The number of benzene rings is 3. The predicted octanol–water partition coefficient (Wildman–Crippen LogP) is 3.90. The number of carbonyl (C=O) groups is 1. The molecule has 0 aliphatic rings. The van der Waals surface area contributed by atoms with Gasteiger partial charge in [-0.3, -0.25) is 0 Å². The van der Waals surface area contributed by atoms with Crippen molar-refractivity contribution in [3.05, 3.63) is 77.9 Å². The number of fused-ring (bicyclic) bond motifs is 1. The third-order valence-corrected chi connectivity index (χ3v) is 3.32. The van der Waals surface area contributed by atoms with Gasteiger partial charge in [-0.25, -0.2) is 4.79 Å². The van der Waals surface area contributed by atoms with Crippen LogP contribution in [0.2, 0.25) is 0 Å². The Balaban J connectivity index is 1.89. The molecule has 104 valence electrons. The summed E-state index contributed by atoms with van der Waals surface area (Å²) in [5, 5.41) is 11.6. The minimum atomic E-state index is -0.520. The van der Waals surface area contributed by atoms with Crippen molar-refractivity contribution in [2.75, 3.05) is 0 Å². The molecule has 0 aromatic heterocycles. The van der Waals surface area contributed by atoms with Gasteiger partial charge in [-0.15, -0.1) is 0 Å². The normalized spacial score (nSPS) is 10.5. The van der Waals surface area contributed by atoms with Gasteiger partial charge in [0.1, 0.15) is 17.9 Å². The summed E-state index contributed by atoms with van der Waals surface area (Å²) in [4.78, 5) is 12.3. The second-order valence-corrected chi connectivity index (χ2v) is 4.74. The van der Waals surface area contributed by atoms with Gasteiger partial charge in [0.15, 0.2) is 0 Å². The van der Waals surface area contributed by atoms with Crippen LogP contribution in [0, 0.1) is 0 Å². The van der Waals surface area contributed by atoms with E-state index in [0.717, 1.165) is 10.9 Å². The van der Waals surface area contributed by atoms with Crippen molar-refractivity contribution in [2.45, 2.75) is 6.61 Å². The summed E-state index contributed by atoms with van der Waals surface area (Å²) in [5.74, 6) is -0.583. The van der Waals surface area contributed by atoms with E-state index in [9.17, 15) is 9.90 Å². The summed E-state index contributed by atoms with van der Waals surface area (Å²) in [6, 6.07) is 20.1. The SMILES string of the molecule is O=C(OCc1ccccc1)c1c(O)ccc2ccccc12. The summed E-state index contributed by atoms with van der Waals surface area (Å²) < 4.78 is 5.30. The molecular weight excluding hydrogens is 264 g/mol. The molecule has 3 heteroatoms. The Morgan fingerprint density at radius 1 is 0.905 bits per heavy atom. The molecule has 0 aliphatic heterocycles. The average molecular weight is 278 g/mol. The molecule has 0 atom stereocenters. The molecule has 0 saturated carbocycles. The van der Waals surface area contributed by atoms with Crippen molar-refractivity contribution in [1.82, 2.24) is 0 Å². The molecule has 3 aromatic carbocycles. The van der Waals surface area contributed by atoms with E-state index in [1.165, 1.54) is 6.07 Å². The number of phenols is 1. The number of hydrogen-bond donors (Lipinski definition) is 1. The lowest BCUT2D eigenvalue weighted by atomic mass is 10.0. The van der Waals surface area contributed by atoms with Crippen molar-refractivity contribution < 1.29 is 14.6 Å². The van der Waals surface area contributed by atoms with Crippen LogP contribution in [0.15, 0.2) is 66.7 Å². The van der Waals surface area contributed by atoms with Gasteiger partial charge in [0.05, 0.1) is 0 Å². The molecule has 21 heavy (non-hydrogen) atoms. The highest BCUT2D eigenvalue weighted by Gasteiger charge is 2.16. The van der Waals surface area contributed by atoms with Gasteiger partial charge in [-0.1, -0.05) is 60.7 Å². The Morgan fingerprint density at radius 2 is 1.62 bits per heavy atom. The van der Waals surface area contributed by atoms with Crippen LogP contribution in [0.5, 0.6) is 5.75 Å². The van der Waals surface area contributed by atoms with Crippen LogP contribution in [0.25, 0.3) is 10.8 Å². The highest BCUT2D eigenvalue weighted by atomic mass is 16.5. The molecule has 0 aliphatic carbocycles. The van der Waals surface area contributed by atoms with E-state index in [-0.39, 0.29) is 17.9 Å². The van der Waals surface area contributed by atoms with Crippen molar-refractivity contribution >= 4 is 16.7 Å². The summed E-state index contributed by atoms with van der Waals surface area (Å²) in [6.45, 7) is 0.183. The molecule has 0 unspecified atom stereocenters. The lowest BCUT2D eigenvalue weighted by Gasteiger charge is -2.09. The molecule has 0 fully saturated rings. The number of ether oxygens (including phenoxy) is 1. The minimum absolute atomic E-state index is 0.0632. The number of phenolic OH excluding ortho intramolecular Hbond substituents is 1. The first-order chi connectivity index (χ1) is 10.3. The first-order valence-electron chi connectivity index (χ1n) is 6.67. The van der Waals surface area contributed by atoms with Gasteiger partial charge in [-0.2, -0.15) is 0 Å². The van der Waals surface area contributed by atoms with Crippen molar-refractivity contribution in [3.63, 3.8) is 0 Å². The van der Waals surface area contributed by atoms with Crippen molar-refractivity contribution in [3.8, 4) is 5.75 Å². The molecule has 3 aromatic rings. The molecule has 0 saturated heterocycles. The van der Waals surface area contributed by atoms with Gasteiger partial charge >= 0.3 is 5.97 Å². The summed E-state index contributed by atoms with van der Waals surface area (Å²) in [6.07, 6.45) is 0. The summed E-state index contributed by atoms with van der Waals surface area (Å²) in [7, 11) is 0. The quantitative estimate of drug-likeness (QED) is 0.739. The maximum Gasteiger partial charge on any atom is 0.342 e. The fourth-order valence-electron chi connectivity index (χ4n) is 2.27. The number of hydrogen-bond acceptors (Lipinski definition) is 3. The Bertz CT molecular complexity index is 779. The molecule has 0 bridgehead atoms. The topological polar surface area (TPSA) is 46.5 Å². The lowest BCUT2D eigenvalue weighted by molar-refractivity contribution is 0.0472. The van der Waals surface area contributed by atoms with Gasteiger partial charge in [0.25, 0.3) is 0 Å². The fraction of sp³-hybridized carbons (Fsp3) is 0.0556. The number of aromatic hydroxyl groups is 1. The fourth-order valence-corrected chi connectivity index (χ4v) is 2.27. The molecule has 3 nitrogen and oxygen atoms in total. The second kappa shape index (κ2) is 5.67. The van der Waals surface area contributed by atoms with E-state index in [4.69, 9.17) is 4.74 Å². The molecular formula is C18H14O3. The van der Waals surface area contributed by atoms with Crippen molar-refractivity contribution in [2.24, 2.45) is 0 Å². The average Bonchev–Trinajstić information content (AvgIpc) is 2.53. The highest BCUT2D eigenvalue weighted by molar-refractivity contribution is 6.06. The smallest absolute Gasteiger partial charge is 0.342 e. The monoisotopic (exact) mass is 278 g/mol. The van der Waals surface area contributed by atoms with E-state index < -0.39 is 5.97 Å². The standard InChI is InChI=1S/C18H14O3/c19-16-11-10-14-8-4-5-9-15(14)17(16)18(20)21-12-13-6-2-1-3-7-13/h1-11,19H,12H2. The zero-order valence-corrected chi connectivity index (χ0v) is 11.3. The molecule has 3 rings (SSSR count). The van der Waals surface area contributed by atoms with Crippen molar-refractivity contribution in [1.29, 1.82) is 0 Å². The number of rotatable bonds is 3. The van der Waals surface area contributed by atoms with Gasteiger partial charge in [0.2, 0.25) is 0 Å². The molecule has 0 amide bonds. The van der Waals surface area contributed by atoms with E-state index in [1.54, 1.807) is 12.1 Å². The third-order valence-electron chi connectivity index (χ3n) is 3.32. The molecule has 0 radical (unpaired) electrons. The third kappa shape index (κ3) is 2.72. The van der Waals surface area contributed by atoms with Crippen LogP contribution in [-0.4, -0.2) is 11.1 Å². The Labute approximate surface area is 122 Å². The Hall–Kier alpha value is -2.81. The molecule has 0 heterocycles. The molecule has 0 spiro atoms. The van der Waals surface area contributed by atoms with Crippen LogP contribution in [0.4, 0.5) is 0 Å². The minimum Gasteiger partial charge on any atom is -0.507 e. The summed E-state index contributed by atoms with van der Waals surface area (Å²) in [5.41, 5.74) is 1.12. The second-order valence-electron chi connectivity index (χ2n) is 4.74. The van der Waals surface area contributed by atoms with Crippen LogP contribution >= 0.6 is 0 Å². The molecule has 1 N–H and O–H groups in total. The lowest BCUT2D eigenvalue weighted by Crippen LogP contribution is -2.06. The zero-order valence-electron chi connectivity index (χ0n) is 11.3. The number of carbonyl (C=O) groups excluding carboxylic acids is 1. The van der Waals surface area contributed by atoms with E-state index in [2.05, 4.69) is 0 Å². The highest BCUT2D eigenvalue weighted by Crippen LogP contribution is 2.27. The Morgan fingerprint density at radius 3 is 2.43 bits per heavy atom. The summed E-state index contributed by atoms with van der Waals surface area (Å²) >= 11 is 0. The van der Waals surface area contributed by atoms with E-state index >= 15 is 0 Å². The first-order valence-corrected chi connectivity index (χ1v) is 6.67. The maximum atomic E-state index is 12.3. The zero-order chi connectivity index (χ0) is 14.7. The van der Waals surface area contributed by atoms with Crippen LogP contribution in [0.1, 0.15) is 15.9 Å². The predicted molar refractivity (Wildman–Crippen MR) is 81.2 cm³/mol. The van der Waals surface area contributed by atoms with Crippen LogP contribution < -0.4 is 0 Å².